The Morgan fingerprint density at radius 1 is 0.963 bits per heavy atom. The zero-order chi connectivity index (χ0) is 19.1. The number of rotatable bonds is 6. The molecule has 2 aromatic carbocycles. The maximum atomic E-state index is 12.4. The van der Waals surface area contributed by atoms with Crippen molar-refractivity contribution in [2.75, 3.05) is 39.8 Å². The van der Waals surface area contributed by atoms with Gasteiger partial charge in [0.05, 0.1) is 19.2 Å². The van der Waals surface area contributed by atoms with Gasteiger partial charge in [-0.3, -0.25) is 14.5 Å². The molecular formula is C21H25N3O3. The Morgan fingerprint density at radius 3 is 2.33 bits per heavy atom. The second-order valence-electron chi connectivity index (χ2n) is 6.53. The standard InChI is InChI=1S/C21H25N3O3/c1-27-19-10-6-5-9-18(19)21(26)22-15-20(25)24-13-11-23(12-14-24)16-17-7-3-2-4-8-17/h2-10H,11-16H2,1H3,(H,22,26). The molecule has 2 aromatic rings. The van der Waals surface area contributed by atoms with Gasteiger partial charge in [0, 0.05) is 32.7 Å². The molecule has 0 saturated carbocycles. The van der Waals surface area contributed by atoms with E-state index in [0.29, 0.717) is 24.4 Å². The van der Waals surface area contributed by atoms with Gasteiger partial charge in [0.2, 0.25) is 5.91 Å². The molecule has 0 aliphatic carbocycles. The summed E-state index contributed by atoms with van der Waals surface area (Å²) in [5.74, 6) is 0.137. The fourth-order valence-electron chi connectivity index (χ4n) is 3.19. The van der Waals surface area contributed by atoms with Gasteiger partial charge in [-0.25, -0.2) is 0 Å². The van der Waals surface area contributed by atoms with Crippen LogP contribution in [-0.2, 0) is 11.3 Å². The highest BCUT2D eigenvalue weighted by atomic mass is 16.5. The number of amides is 2. The predicted molar refractivity (Wildman–Crippen MR) is 104 cm³/mol. The molecule has 1 heterocycles. The van der Waals surface area contributed by atoms with Gasteiger partial charge in [0.1, 0.15) is 5.75 Å². The highest BCUT2D eigenvalue weighted by Gasteiger charge is 2.22. The van der Waals surface area contributed by atoms with Crippen molar-refractivity contribution in [3.05, 3.63) is 65.7 Å². The van der Waals surface area contributed by atoms with Crippen LogP contribution in [0.2, 0.25) is 0 Å². The predicted octanol–water partition coefficient (Wildman–Crippen LogP) is 1.77. The third-order valence-corrected chi connectivity index (χ3v) is 4.73. The van der Waals surface area contributed by atoms with Crippen LogP contribution < -0.4 is 10.1 Å². The first-order valence-corrected chi connectivity index (χ1v) is 9.12. The average Bonchev–Trinajstić information content (AvgIpc) is 2.73. The van der Waals surface area contributed by atoms with Gasteiger partial charge in [-0.1, -0.05) is 42.5 Å². The van der Waals surface area contributed by atoms with Crippen molar-refractivity contribution in [2.24, 2.45) is 0 Å². The molecule has 0 unspecified atom stereocenters. The number of methoxy groups -OCH3 is 1. The van der Waals surface area contributed by atoms with E-state index in [1.54, 1.807) is 24.3 Å². The van der Waals surface area contributed by atoms with Gasteiger partial charge in [0.25, 0.3) is 5.91 Å². The molecule has 1 saturated heterocycles. The summed E-state index contributed by atoms with van der Waals surface area (Å²) >= 11 is 0. The van der Waals surface area contributed by atoms with E-state index in [-0.39, 0.29) is 18.4 Å². The lowest BCUT2D eigenvalue weighted by Crippen LogP contribution is -2.50. The van der Waals surface area contributed by atoms with E-state index in [1.807, 2.05) is 23.1 Å². The fraction of sp³-hybridized carbons (Fsp3) is 0.333. The molecule has 1 aliphatic rings. The SMILES string of the molecule is COc1ccccc1C(=O)NCC(=O)N1CCN(Cc2ccccc2)CC1. The Morgan fingerprint density at radius 2 is 1.63 bits per heavy atom. The van der Waals surface area contributed by atoms with Gasteiger partial charge in [-0.2, -0.15) is 0 Å². The van der Waals surface area contributed by atoms with Gasteiger partial charge < -0.3 is 15.0 Å². The molecule has 1 aliphatic heterocycles. The fourth-order valence-corrected chi connectivity index (χ4v) is 3.19. The normalized spacial score (nSPS) is 14.6. The maximum Gasteiger partial charge on any atom is 0.255 e. The summed E-state index contributed by atoms with van der Waals surface area (Å²) < 4.78 is 5.19. The summed E-state index contributed by atoms with van der Waals surface area (Å²) in [5, 5.41) is 2.70. The van der Waals surface area contributed by atoms with Crippen molar-refractivity contribution >= 4 is 11.8 Å². The van der Waals surface area contributed by atoms with E-state index >= 15 is 0 Å². The van der Waals surface area contributed by atoms with Crippen molar-refractivity contribution in [3.63, 3.8) is 0 Å². The molecule has 2 amide bonds. The van der Waals surface area contributed by atoms with Crippen molar-refractivity contribution in [1.82, 2.24) is 15.1 Å². The smallest absolute Gasteiger partial charge is 0.255 e. The second-order valence-corrected chi connectivity index (χ2v) is 6.53. The molecule has 142 valence electrons. The first-order valence-electron chi connectivity index (χ1n) is 9.12. The van der Waals surface area contributed by atoms with E-state index in [2.05, 4.69) is 22.3 Å². The minimum absolute atomic E-state index is 0.00440. The summed E-state index contributed by atoms with van der Waals surface area (Å²) in [4.78, 5) is 28.9. The number of nitrogens with zero attached hydrogens (tertiary/aromatic N) is 2. The first-order chi connectivity index (χ1) is 13.2. The van der Waals surface area contributed by atoms with Crippen LogP contribution in [0, 0.1) is 0 Å². The number of carbonyl (C=O) groups is 2. The largest absolute Gasteiger partial charge is 0.496 e. The van der Waals surface area contributed by atoms with E-state index in [0.717, 1.165) is 19.6 Å². The monoisotopic (exact) mass is 367 g/mol. The average molecular weight is 367 g/mol. The number of carbonyl (C=O) groups excluding carboxylic acids is 2. The Labute approximate surface area is 159 Å². The van der Waals surface area contributed by atoms with Crippen molar-refractivity contribution in [1.29, 1.82) is 0 Å². The Hall–Kier alpha value is -2.86. The zero-order valence-corrected chi connectivity index (χ0v) is 15.6. The minimum Gasteiger partial charge on any atom is -0.496 e. The molecule has 27 heavy (non-hydrogen) atoms. The number of para-hydroxylation sites is 1. The molecule has 6 heteroatoms. The van der Waals surface area contributed by atoms with Crippen LogP contribution in [0.1, 0.15) is 15.9 Å². The quantitative estimate of drug-likeness (QED) is 0.845. The number of benzene rings is 2. The molecule has 6 nitrogen and oxygen atoms in total. The Bertz CT molecular complexity index is 771. The van der Waals surface area contributed by atoms with E-state index in [9.17, 15) is 9.59 Å². The highest BCUT2D eigenvalue weighted by molar-refractivity contribution is 5.98. The van der Waals surface area contributed by atoms with Crippen LogP contribution >= 0.6 is 0 Å². The molecule has 1 fully saturated rings. The number of hydrogen-bond acceptors (Lipinski definition) is 4. The van der Waals surface area contributed by atoms with Crippen LogP contribution in [0.3, 0.4) is 0 Å². The molecule has 0 atom stereocenters. The van der Waals surface area contributed by atoms with Crippen LogP contribution in [0.25, 0.3) is 0 Å². The minimum atomic E-state index is -0.302. The third-order valence-electron chi connectivity index (χ3n) is 4.73. The second kappa shape index (κ2) is 9.19. The molecular weight excluding hydrogens is 342 g/mol. The number of ether oxygens (including phenoxy) is 1. The summed E-state index contributed by atoms with van der Waals surface area (Å²) in [7, 11) is 1.52. The molecule has 3 rings (SSSR count). The highest BCUT2D eigenvalue weighted by Crippen LogP contribution is 2.16. The molecule has 0 spiro atoms. The van der Waals surface area contributed by atoms with Crippen LogP contribution in [0.4, 0.5) is 0 Å². The van der Waals surface area contributed by atoms with E-state index in [1.165, 1.54) is 12.7 Å². The summed E-state index contributed by atoms with van der Waals surface area (Å²) in [6.07, 6.45) is 0. The van der Waals surface area contributed by atoms with Crippen LogP contribution in [0.15, 0.2) is 54.6 Å². The molecule has 0 aromatic heterocycles. The number of nitrogens with one attached hydrogen (secondary N) is 1. The molecule has 0 bridgehead atoms. The molecule has 1 N–H and O–H groups in total. The molecule has 0 radical (unpaired) electrons. The van der Waals surface area contributed by atoms with Gasteiger partial charge in [0.15, 0.2) is 0 Å². The van der Waals surface area contributed by atoms with Crippen molar-refractivity contribution < 1.29 is 14.3 Å². The van der Waals surface area contributed by atoms with Gasteiger partial charge >= 0.3 is 0 Å². The maximum absolute atomic E-state index is 12.4. The third kappa shape index (κ3) is 5.08. The lowest BCUT2D eigenvalue weighted by atomic mass is 10.2. The lowest BCUT2D eigenvalue weighted by molar-refractivity contribution is -0.131. The number of piperazine rings is 1. The topological polar surface area (TPSA) is 61.9 Å². The first kappa shape index (κ1) is 18.9. The lowest BCUT2D eigenvalue weighted by Gasteiger charge is -2.34. The van der Waals surface area contributed by atoms with Crippen molar-refractivity contribution in [2.45, 2.75) is 6.54 Å². The van der Waals surface area contributed by atoms with E-state index in [4.69, 9.17) is 4.74 Å². The summed E-state index contributed by atoms with van der Waals surface area (Å²) in [6.45, 7) is 3.91. The summed E-state index contributed by atoms with van der Waals surface area (Å²) in [5.41, 5.74) is 1.71. The number of hydrogen-bond donors (Lipinski definition) is 1. The van der Waals surface area contributed by atoms with Gasteiger partial charge in [-0.05, 0) is 17.7 Å². The van der Waals surface area contributed by atoms with Crippen molar-refractivity contribution in [3.8, 4) is 5.75 Å². The van der Waals surface area contributed by atoms with Crippen LogP contribution in [0.5, 0.6) is 5.75 Å². The zero-order valence-electron chi connectivity index (χ0n) is 15.6. The Balaban J connectivity index is 1.45. The van der Waals surface area contributed by atoms with Gasteiger partial charge in [-0.15, -0.1) is 0 Å². The summed E-state index contributed by atoms with van der Waals surface area (Å²) in [6, 6.07) is 17.3. The Kier molecular flexibility index (Phi) is 6.44. The van der Waals surface area contributed by atoms with Crippen LogP contribution in [-0.4, -0.2) is 61.4 Å². The van der Waals surface area contributed by atoms with E-state index < -0.39 is 0 Å².